The molecule has 0 atom stereocenters. The van der Waals surface area contributed by atoms with Gasteiger partial charge in [-0.1, -0.05) is 18.2 Å². The third-order valence-corrected chi connectivity index (χ3v) is 4.90. The summed E-state index contributed by atoms with van der Waals surface area (Å²) in [4.78, 5) is 55.5. The molecule has 0 saturated carbocycles. The highest BCUT2D eigenvalue weighted by Gasteiger charge is 2.44. The fourth-order valence-corrected chi connectivity index (χ4v) is 3.54. The molecular weight excluding hydrogens is 356 g/mol. The second-order valence-electron chi connectivity index (χ2n) is 5.70. The molecule has 0 radical (unpaired) electrons. The van der Waals surface area contributed by atoms with E-state index in [-0.39, 0.29) is 13.1 Å². The Bertz CT molecular complexity index is 889. The number of hydrogen-bond acceptors (Lipinski definition) is 6. The number of amides is 5. The number of likely N-dealkylation sites (N-methyl/N-ethyl adjacent to an activating group) is 1. The fourth-order valence-electron chi connectivity index (χ4n) is 2.51. The summed E-state index contributed by atoms with van der Waals surface area (Å²) in [7, 11) is 1.56. The molecule has 2 heterocycles. The van der Waals surface area contributed by atoms with Gasteiger partial charge in [0.15, 0.2) is 0 Å². The van der Waals surface area contributed by atoms with Gasteiger partial charge in [-0.3, -0.25) is 19.3 Å². The first-order valence-corrected chi connectivity index (χ1v) is 8.60. The number of para-hydroxylation sites is 1. The van der Waals surface area contributed by atoms with Gasteiger partial charge in [0.05, 0.1) is 16.8 Å². The lowest BCUT2D eigenvalue weighted by Gasteiger charge is -2.19. The molecule has 0 N–H and O–H groups in total. The predicted octanol–water partition coefficient (Wildman–Crippen LogP) is 1.23. The van der Waals surface area contributed by atoms with Crippen molar-refractivity contribution >= 4 is 45.3 Å². The van der Waals surface area contributed by atoms with Crippen LogP contribution in [-0.4, -0.2) is 63.6 Å². The van der Waals surface area contributed by atoms with Crippen molar-refractivity contribution in [3.8, 4) is 0 Å². The van der Waals surface area contributed by atoms with Crippen molar-refractivity contribution in [2.45, 2.75) is 6.54 Å². The topological polar surface area (TPSA) is 90.9 Å². The van der Waals surface area contributed by atoms with E-state index in [1.54, 1.807) is 7.05 Å². The molecule has 26 heavy (non-hydrogen) atoms. The van der Waals surface area contributed by atoms with Crippen molar-refractivity contribution in [2.75, 3.05) is 20.1 Å². The molecule has 1 aromatic carbocycles. The van der Waals surface area contributed by atoms with Crippen LogP contribution in [0.1, 0.15) is 5.01 Å². The van der Waals surface area contributed by atoms with E-state index in [0.717, 1.165) is 20.1 Å². The van der Waals surface area contributed by atoms with Gasteiger partial charge in [0, 0.05) is 13.6 Å². The van der Waals surface area contributed by atoms with E-state index in [4.69, 9.17) is 0 Å². The number of nitrogens with zero attached hydrogens (tertiary/aromatic N) is 4. The van der Waals surface area contributed by atoms with Gasteiger partial charge in [-0.15, -0.1) is 17.9 Å². The molecule has 2 aromatic rings. The van der Waals surface area contributed by atoms with Crippen LogP contribution in [0.5, 0.6) is 0 Å². The van der Waals surface area contributed by atoms with E-state index in [2.05, 4.69) is 11.6 Å². The summed E-state index contributed by atoms with van der Waals surface area (Å²) < 4.78 is 1.01. The van der Waals surface area contributed by atoms with Crippen LogP contribution in [0.15, 0.2) is 36.9 Å². The lowest BCUT2D eigenvalue weighted by atomic mass is 10.3. The van der Waals surface area contributed by atoms with Crippen LogP contribution < -0.4 is 0 Å². The van der Waals surface area contributed by atoms with Crippen molar-refractivity contribution < 1.29 is 19.2 Å². The first-order chi connectivity index (χ1) is 12.4. The molecule has 5 amide bonds. The molecule has 1 fully saturated rings. The van der Waals surface area contributed by atoms with E-state index in [1.165, 1.54) is 22.3 Å². The minimum atomic E-state index is -1.00. The van der Waals surface area contributed by atoms with Gasteiger partial charge in [-0.25, -0.2) is 14.7 Å². The standard InChI is InChI=1S/C17H16N4O4S/c1-3-8-20-15(23)16(24)21(17(20)25)10-14(22)19(2)9-13-18-11-6-4-5-7-12(11)26-13/h3-7H,1,8-10H2,2H3. The zero-order valence-corrected chi connectivity index (χ0v) is 14.9. The SMILES string of the molecule is C=CCN1C(=O)C(=O)N(CC(=O)N(C)Cc2nc3ccccc3s2)C1=O. The van der Waals surface area contributed by atoms with E-state index < -0.39 is 30.3 Å². The van der Waals surface area contributed by atoms with Crippen molar-refractivity contribution in [3.05, 3.63) is 41.9 Å². The Kier molecular flexibility index (Phi) is 4.81. The zero-order valence-electron chi connectivity index (χ0n) is 14.0. The van der Waals surface area contributed by atoms with E-state index >= 15 is 0 Å². The van der Waals surface area contributed by atoms with Crippen molar-refractivity contribution in [1.29, 1.82) is 0 Å². The van der Waals surface area contributed by atoms with Crippen LogP contribution in [0.4, 0.5) is 4.79 Å². The number of hydrogen-bond donors (Lipinski definition) is 0. The number of aromatic nitrogens is 1. The number of fused-ring (bicyclic) bond motifs is 1. The van der Waals surface area contributed by atoms with Gasteiger partial charge >= 0.3 is 17.8 Å². The Morgan fingerprint density at radius 3 is 2.62 bits per heavy atom. The Balaban J connectivity index is 1.67. The molecule has 3 rings (SSSR count). The molecule has 1 saturated heterocycles. The monoisotopic (exact) mass is 372 g/mol. The van der Waals surface area contributed by atoms with E-state index in [1.807, 2.05) is 24.3 Å². The summed E-state index contributed by atoms with van der Waals surface area (Å²) in [6, 6.07) is 6.83. The second kappa shape index (κ2) is 7.04. The number of imide groups is 2. The number of thiazole rings is 1. The normalized spacial score (nSPS) is 14.4. The van der Waals surface area contributed by atoms with Crippen molar-refractivity contribution in [1.82, 2.24) is 19.7 Å². The largest absolute Gasteiger partial charge is 0.337 e. The van der Waals surface area contributed by atoms with Crippen molar-refractivity contribution in [2.24, 2.45) is 0 Å². The fraction of sp³-hybridized carbons (Fsp3) is 0.235. The second-order valence-corrected chi connectivity index (χ2v) is 6.82. The predicted molar refractivity (Wildman–Crippen MR) is 95.1 cm³/mol. The highest BCUT2D eigenvalue weighted by Crippen LogP contribution is 2.22. The Hall–Kier alpha value is -3.07. The van der Waals surface area contributed by atoms with Gasteiger partial charge in [-0.05, 0) is 12.1 Å². The minimum Gasteiger partial charge on any atom is -0.337 e. The Morgan fingerprint density at radius 2 is 1.92 bits per heavy atom. The van der Waals surface area contributed by atoms with Crippen LogP contribution in [0, 0.1) is 0 Å². The number of carbonyl (C=O) groups is 4. The summed E-state index contributed by atoms with van der Waals surface area (Å²) in [5.41, 5.74) is 0.851. The van der Waals surface area contributed by atoms with Crippen LogP contribution in [-0.2, 0) is 20.9 Å². The molecule has 0 spiro atoms. The number of carbonyl (C=O) groups excluding carboxylic acids is 4. The van der Waals surface area contributed by atoms with Gasteiger partial charge in [0.2, 0.25) is 5.91 Å². The summed E-state index contributed by atoms with van der Waals surface area (Å²) >= 11 is 1.47. The smallest absolute Gasteiger partial charge is 0.335 e. The Labute approximate surface area is 153 Å². The maximum atomic E-state index is 12.4. The molecular formula is C17H16N4O4S. The van der Waals surface area contributed by atoms with Gasteiger partial charge in [0.1, 0.15) is 11.6 Å². The summed E-state index contributed by atoms with van der Waals surface area (Å²) in [5.74, 6) is -2.41. The minimum absolute atomic E-state index is 0.0738. The quantitative estimate of drug-likeness (QED) is 0.432. The number of benzene rings is 1. The van der Waals surface area contributed by atoms with Gasteiger partial charge < -0.3 is 4.90 Å². The lowest BCUT2D eigenvalue weighted by molar-refractivity contribution is -0.144. The van der Waals surface area contributed by atoms with E-state index in [0.29, 0.717) is 4.90 Å². The first-order valence-electron chi connectivity index (χ1n) is 7.79. The molecule has 1 aromatic heterocycles. The first kappa shape index (κ1) is 17.7. The third-order valence-electron chi connectivity index (χ3n) is 3.88. The number of urea groups is 1. The third kappa shape index (κ3) is 3.21. The molecule has 8 nitrogen and oxygen atoms in total. The maximum absolute atomic E-state index is 12.4. The maximum Gasteiger partial charge on any atom is 0.335 e. The molecule has 0 aliphatic carbocycles. The van der Waals surface area contributed by atoms with Crippen LogP contribution >= 0.6 is 11.3 Å². The van der Waals surface area contributed by atoms with Gasteiger partial charge in [-0.2, -0.15) is 0 Å². The van der Waals surface area contributed by atoms with Crippen molar-refractivity contribution in [3.63, 3.8) is 0 Å². The summed E-state index contributed by atoms with van der Waals surface area (Å²) in [5, 5.41) is 0.741. The van der Waals surface area contributed by atoms with Crippen LogP contribution in [0.25, 0.3) is 10.2 Å². The number of rotatable bonds is 6. The van der Waals surface area contributed by atoms with Crippen LogP contribution in [0.3, 0.4) is 0 Å². The highest BCUT2D eigenvalue weighted by atomic mass is 32.1. The van der Waals surface area contributed by atoms with Crippen LogP contribution in [0.2, 0.25) is 0 Å². The highest BCUT2D eigenvalue weighted by molar-refractivity contribution is 7.18. The van der Waals surface area contributed by atoms with Gasteiger partial charge in [0.25, 0.3) is 0 Å². The molecule has 134 valence electrons. The molecule has 1 aliphatic rings. The zero-order chi connectivity index (χ0) is 18.8. The van der Waals surface area contributed by atoms with E-state index in [9.17, 15) is 19.2 Å². The molecule has 9 heteroatoms. The Morgan fingerprint density at radius 1 is 1.23 bits per heavy atom. The summed E-state index contributed by atoms with van der Waals surface area (Å²) in [6.07, 6.45) is 1.34. The average molecular weight is 372 g/mol. The molecule has 0 unspecified atom stereocenters. The lowest BCUT2D eigenvalue weighted by Crippen LogP contribution is -2.42. The molecule has 0 bridgehead atoms. The average Bonchev–Trinajstić information content (AvgIpc) is 3.11. The summed E-state index contributed by atoms with van der Waals surface area (Å²) in [6.45, 7) is 3.13. The molecule has 1 aliphatic heterocycles.